The maximum Gasteiger partial charge on any atom is 0.297 e. The van der Waals surface area contributed by atoms with Crippen molar-refractivity contribution in [2.45, 2.75) is 38.3 Å². The zero-order chi connectivity index (χ0) is 13.1. The van der Waals surface area contributed by atoms with Crippen molar-refractivity contribution in [2.75, 3.05) is 31.7 Å². The number of nitrogens with one attached hydrogen (secondary N) is 1. The molecule has 0 atom stereocenters. The van der Waals surface area contributed by atoms with Crippen molar-refractivity contribution in [3.8, 4) is 0 Å². The Hall–Kier alpha value is -1.07. The SMILES string of the molecule is COCC1CCN(c2nc(CNC3CC3)co2)CC1. The van der Waals surface area contributed by atoms with Crippen molar-refractivity contribution in [2.24, 2.45) is 5.92 Å². The van der Waals surface area contributed by atoms with E-state index >= 15 is 0 Å². The van der Waals surface area contributed by atoms with E-state index in [9.17, 15) is 0 Å². The van der Waals surface area contributed by atoms with Gasteiger partial charge in [-0.2, -0.15) is 4.98 Å². The molecule has 5 nitrogen and oxygen atoms in total. The molecule has 0 spiro atoms. The molecule has 1 saturated carbocycles. The summed E-state index contributed by atoms with van der Waals surface area (Å²) in [5, 5.41) is 3.46. The first-order valence-corrected chi connectivity index (χ1v) is 7.27. The Morgan fingerprint density at radius 2 is 2.16 bits per heavy atom. The number of oxazole rings is 1. The van der Waals surface area contributed by atoms with Gasteiger partial charge in [-0.25, -0.2) is 0 Å². The molecule has 0 radical (unpaired) electrons. The third-order valence-corrected chi connectivity index (χ3v) is 3.98. The number of aromatic nitrogens is 1. The van der Waals surface area contributed by atoms with E-state index in [0.29, 0.717) is 12.0 Å². The van der Waals surface area contributed by atoms with Crippen LogP contribution in [0.3, 0.4) is 0 Å². The highest BCUT2D eigenvalue weighted by Gasteiger charge is 2.23. The van der Waals surface area contributed by atoms with Gasteiger partial charge in [-0.1, -0.05) is 0 Å². The summed E-state index contributed by atoms with van der Waals surface area (Å²) >= 11 is 0. The molecule has 3 rings (SSSR count). The van der Waals surface area contributed by atoms with Gasteiger partial charge in [0.1, 0.15) is 6.26 Å². The minimum absolute atomic E-state index is 0.687. The standard InChI is InChI=1S/C14H23N3O2/c1-18-9-11-4-6-17(7-5-11)14-16-13(10-19-14)8-15-12-2-3-12/h10-12,15H,2-9H2,1H3. The number of anilines is 1. The van der Waals surface area contributed by atoms with Crippen molar-refractivity contribution >= 4 is 6.01 Å². The monoisotopic (exact) mass is 265 g/mol. The Kier molecular flexibility index (Phi) is 4.03. The first-order valence-electron chi connectivity index (χ1n) is 7.27. The summed E-state index contributed by atoms with van der Waals surface area (Å²) < 4.78 is 10.8. The number of nitrogens with zero attached hydrogens (tertiary/aromatic N) is 2. The normalized spacial score (nSPS) is 21.0. The topological polar surface area (TPSA) is 50.5 Å². The van der Waals surface area contributed by atoms with E-state index in [0.717, 1.165) is 50.8 Å². The van der Waals surface area contributed by atoms with Gasteiger partial charge in [0, 0.05) is 39.4 Å². The van der Waals surface area contributed by atoms with Gasteiger partial charge in [-0.3, -0.25) is 0 Å². The number of ether oxygens (including phenoxy) is 1. The van der Waals surface area contributed by atoms with Crippen LogP contribution >= 0.6 is 0 Å². The second kappa shape index (κ2) is 5.92. The highest BCUT2D eigenvalue weighted by molar-refractivity contribution is 5.27. The number of rotatable bonds is 6. The molecule has 1 aliphatic heterocycles. The molecule has 2 heterocycles. The Balaban J connectivity index is 1.48. The predicted octanol–water partition coefficient (Wildman–Crippen LogP) is 1.79. The van der Waals surface area contributed by atoms with Crippen LogP contribution in [0.15, 0.2) is 10.7 Å². The molecule has 1 aliphatic carbocycles. The van der Waals surface area contributed by atoms with Crippen LogP contribution in [0, 0.1) is 5.92 Å². The maximum absolute atomic E-state index is 5.60. The zero-order valence-electron chi connectivity index (χ0n) is 11.6. The Bertz CT molecular complexity index is 395. The minimum Gasteiger partial charge on any atom is -0.432 e. The van der Waals surface area contributed by atoms with Crippen LogP contribution in [0.5, 0.6) is 0 Å². The van der Waals surface area contributed by atoms with Crippen LogP contribution in [0.2, 0.25) is 0 Å². The summed E-state index contributed by atoms with van der Waals surface area (Å²) in [7, 11) is 1.78. The number of methoxy groups -OCH3 is 1. The summed E-state index contributed by atoms with van der Waals surface area (Å²) in [6, 6.07) is 1.49. The molecule has 0 unspecified atom stereocenters. The van der Waals surface area contributed by atoms with Gasteiger partial charge in [0.05, 0.1) is 5.69 Å². The molecule has 1 N–H and O–H groups in total. The Morgan fingerprint density at radius 3 is 2.84 bits per heavy atom. The fourth-order valence-electron chi connectivity index (χ4n) is 2.59. The molecule has 1 saturated heterocycles. The molecule has 19 heavy (non-hydrogen) atoms. The predicted molar refractivity (Wildman–Crippen MR) is 73.2 cm³/mol. The molecule has 0 aromatic carbocycles. The summed E-state index contributed by atoms with van der Waals surface area (Å²) in [6.45, 7) is 3.73. The lowest BCUT2D eigenvalue weighted by Crippen LogP contribution is -2.35. The molecular weight excluding hydrogens is 242 g/mol. The van der Waals surface area contributed by atoms with Gasteiger partial charge < -0.3 is 19.4 Å². The molecule has 0 amide bonds. The number of hydrogen-bond acceptors (Lipinski definition) is 5. The quantitative estimate of drug-likeness (QED) is 0.850. The van der Waals surface area contributed by atoms with Gasteiger partial charge in [0.2, 0.25) is 0 Å². The number of piperidine rings is 1. The zero-order valence-corrected chi connectivity index (χ0v) is 11.6. The Labute approximate surface area is 114 Å². The van der Waals surface area contributed by atoms with Crippen LogP contribution in [0.25, 0.3) is 0 Å². The molecule has 1 aromatic heterocycles. The lowest BCUT2D eigenvalue weighted by Gasteiger charge is -2.30. The van der Waals surface area contributed by atoms with Crippen molar-refractivity contribution in [1.29, 1.82) is 0 Å². The fourth-order valence-corrected chi connectivity index (χ4v) is 2.59. The molecule has 2 aliphatic rings. The molecule has 0 bridgehead atoms. The lowest BCUT2D eigenvalue weighted by atomic mass is 9.98. The molecule has 5 heteroatoms. The molecule has 106 valence electrons. The molecule has 2 fully saturated rings. The summed E-state index contributed by atoms with van der Waals surface area (Å²) in [5.74, 6) is 0.687. The summed E-state index contributed by atoms with van der Waals surface area (Å²) in [5.41, 5.74) is 1.01. The van der Waals surface area contributed by atoms with Gasteiger partial charge in [-0.15, -0.1) is 0 Å². The average molecular weight is 265 g/mol. The van der Waals surface area contributed by atoms with E-state index < -0.39 is 0 Å². The van der Waals surface area contributed by atoms with Crippen LogP contribution in [-0.2, 0) is 11.3 Å². The molecular formula is C14H23N3O2. The van der Waals surface area contributed by atoms with Gasteiger partial charge >= 0.3 is 0 Å². The van der Waals surface area contributed by atoms with Crippen molar-refractivity contribution in [1.82, 2.24) is 10.3 Å². The summed E-state index contributed by atoms with van der Waals surface area (Å²) in [6.07, 6.45) is 6.71. The minimum atomic E-state index is 0.687. The van der Waals surface area contributed by atoms with Crippen LogP contribution in [0.4, 0.5) is 6.01 Å². The van der Waals surface area contributed by atoms with Crippen molar-refractivity contribution in [3.63, 3.8) is 0 Å². The van der Waals surface area contributed by atoms with E-state index in [4.69, 9.17) is 9.15 Å². The van der Waals surface area contributed by atoms with Crippen molar-refractivity contribution in [3.05, 3.63) is 12.0 Å². The third-order valence-electron chi connectivity index (χ3n) is 3.98. The fraction of sp³-hybridized carbons (Fsp3) is 0.786. The van der Waals surface area contributed by atoms with Gasteiger partial charge in [-0.05, 0) is 31.6 Å². The van der Waals surface area contributed by atoms with E-state index in [-0.39, 0.29) is 0 Å². The smallest absolute Gasteiger partial charge is 0.297 e. The van der Waals surface area contributed by atoms with E-state index in [1.165, 1.54) is 12.8 Å². The second-order valence-electron chi connectivity index (χ2n) is 5.66. The average Bonchev–Trinajstić information content (AvgIpc) is 3.15. The largest absolute Gasteiger partial charge is 0.432 e. The van der Waals surface area contributed by atoms with E-state index in [1.807, 2.05) is 0 Å². The highest BCUT2D eigenvalue weighted by Crippen LogP contribution is 2.23. The van der Waals surface area contributed by atoms with Gasteiger partial charge in [0.25, 0.3) is 6.01 Å². The van der Waals surface area contributed by atoms with Crippen molar-refractivity contribution < 1.29 is 9.15 Å². The lowest BCUT2D eigenvalue weighted by molar-refractivity contribution is 0.138. The number of hydrogen-bond donors (Lipinski definition) is 1. The van der Waals surface area contributed by atoms with E-state index in [1.54, 1.807) is 13.4 Å². The maximum atomic E-state index is 5.60. The highest BCUT2D eigenvalue weighted by atomic mass is 16.5. The third kappa shape index (κ3) is 3.48. The second-order valence-corrected chi connectivity index (χ2v) is 5.66. The first-order chi connectivity index (χ1) is 9.35. The van der Waals surface area contributed by atoms with Gasteiger partial charge in [0.15, 0.2) is 0 Å². The Morgan fingerprint density at radius 1 is 1.37 bits per heavy atom. The van der Waals surface area contributed by atoms with Crippen LogP contribution < -0.4 is 10.2 Å². The molecule has 1 aromatic rings. The summed E-state index contributed by atoms with van der Waals surface area (Å²) in [4.78, 5) is 6.81. The first kappa shape index (κ1) is 12.9. The van der Waals surface area contributed by atoms with Crippen LogP contribution in [-0.4, -0.2) is 37.8 Å². The van der Waals surface area contributed by atoms with E-state index in [2.05, 4.69) is 15.2 Å². The van der Waals surface area contributed by atoms with Crippen LogP contribution in [0.1, 0.15) is 31.4 Å².